The van der Waals surface area contributed by atoms with Gasteiger partial charge in [-0.1, -0.05) is 18.2 Å². The first-order valence-corrected chi connectivity index (χ1v) is 8.55. The minimum Gasteiger partial charge on any atom is -0.481 e. The number of carbonyl (C=O) groups is 3. The van der Waals surface area contributed by atoms with Gasteiger partial charge in [-0.15, -0.1) is 0 Å². The molecule has 1 aliphatic carbocycles. The van der Waals surface area contributed by atoms with Crippen LogP contribution in [0.2, 0.25) is 0 Å². The van der Waals surface area contributed by atoms with E-state index in [1.54, 1.807) is 54.7 Å². The topological polar surface area (TPSA) is 108 Å². The van der Waals surface area contributed by atoms with Crippen LogP contribution in [0.1, 0.15) is 23.2 Å². The second kappa shape index (κ2) is 8.27. The molecule has 0 saturated carbocycles. The van der Waals surface area contributed by atoms with Crippen LogP contribution in [0.25, 0.3) is 0 Å². The number of nitrogens with one attached hydrogen (secondary N) is 2. The fourth-order valence-electron chi connectivity index (χ4n) is 2.94. The van der Waals surface area contributed by atoms with Gasteiger partial charge in [-0.25, -0.2) is 4.98 Å². The Labute approximate surface area is 156 Å². The number of hydrogen-bond donors (Lipinski definition) is 3. The minimum atomic E-state index is -0.971. The molecule has 0 saturated heterocycles. The quantitative estimate of drug-likeness (QED) is 0.706. The van der Waals surface area contributed by atoms with E-state index in [1.165, 1.54) is 0 Å². The van der Waals surface area contributed by atoms with Gasteiger partial charge in [0.2, 0.25) is 5.91 Å². The van der Waals surface area contributed by atoms with Crippen molar-refractivity contribution in [3.63, 3.8) is 0 Å². The number of anilines is 2. The van der Waals surface area contributed by atoms with E-state index in [1.807, 2.05) is 6.08 Å². The summed E-state index contributed by atoms with van der Waals surface area (Å²) < 4.78 is 0. The average molecular weight is 365 g/mol. The van der Waals surface area contributed by atoms with E-state index in [9.17, 15) is 19.5 Å². The fourth-order valence-corrected chi connectivity index (χ4v) is 2.94. The largest absolute Gasteiger partial charge is 0.481 e. The number of hydrogen-bond acceptors (Lipinski definition) is 4. The van der Waals surface area contributed by atoms with Crippen LogP contribution >= 0.6 is 0 Å². The summed E-state index contributed by atoms with van der Waals surface area (Å²) in [4.78, 5) is 40.0. The zero-order chi connectivity index (χ0) is 19.2. The summed E-state index contributed by atoms with van der Waals surface area (Å²) in [6.07, 6.45) is 5.94. The highest BCUT2D eigenvalue weighted by molar-refractivity contribution is 6.04. The Hall–Kier alpha value is -3.48. The van der Waals surface area contributed by atoms with Crippen molar-refractivity contribution in [3.05, 3.63) is 66.4 Å². The molecule has 1 aromatic carbocycles. The van der Waals surface area contributed by atoms with E-state index in [2.05, 4.69) is 15.6 Å². The number of benzene rings is 1. The molecule has 3 rings (SSSR count). The van der Waals surface area contributed by atoms with Gasteiger partial charge in [0.1, 0.15) is 5.82 Å². The highest BCUT2D eigenvalue weighted by Crippen LogP contribution is 2.27. The molecule has 1 aromatic heterocycles. The zero-order valence-electron chi connectivity index (χ0n) is 14.5. The van der Waals surface area contributed by atoms with Gasteiger partial charge in [0, 0.05) is 17.4 Å². The standard InChI is InChI=1S/C20H19N3O4/c24-18(23-17-7-3-4-12-21-17)13-8-10-14(11-9-13)22-19(25)15-5-1-2-6-16(15)20(26)27/h1-4,7-12,15-16H,5-6H2,(H,22,25)(H,26,27)(H,21,23,24)/t15-,16+/m0/s1. The van der Waals surface area contributed by atoms with Gasteiger partial charge in [-0.2, -0.15) is 0 Å². The number of carboxylic acid groups (broad SMARTS) is 1. The summed E-state index contributed by atoms with van der Waals surface area (Å²) in [7, 11) is 0. The van der Waals surface area contributed by atoms with Crippen LogP contribution in [-0.4, -0.2) is 27.9 Å². The number of carbonyl (C=O) groups excluding carboxylic acids is 2. The van der Waals surface area contributed by atoms with Crippen LogP contribution in [-0.2, 0) is 9.59 Å². The fraction of sp³-hybridized carbons (Fsp3) is 0.200. The first-order valence-electron chi connectivity index (χ1n) is 8.55. The second-order valence-electron chi connectivity index (χ2n) is 6.23. The first kappa shape index (κ1) is 18.3. The normalized spacial score (nSPS) is 18.5. The monoisotopic (exact) mass is 365 g/mol. The van der Waals surface area contributed by atoms with Crippen molar-refractivity contribution < 1.29 is 19.5 Å². The molecule has 27 heavy (non-hydrogen) atoms. The van der Waals surface area contributed by atoms with E-state index < -0.39 is 17.8 Å². The second-order valence-corrected chi connectivity index (χ2v) is 6.23. The van der Waals surface area contributed by atoms with Crippen molar-refractivity contribution in [2.75, 3.05) is 10.6 Å². The Morgan fingerprint density at radius 2 is 1.63 bits per heavy atom. The summed E-state index contributed by atoms with van der Waals surface area (Å²) in [5.41, 5.74) is 0.927. The lowest BCUT2D eigenvalue weighted by Crippen LogP contribution is -2.34. The molecule has 3 N–H and O–H groups in total. The van der Waals surface area contributed by atoms with E-state index >= 15 is 0 Å². The van der Waals surface area contributed by atoms with Crippen LogP contribution in [0.15, 0.2) is 60.8 Å². The summed E-state index contributed by atoms with van der Waals surface area (Å²) in [6.45, 7) is 0. The number of carboxylic acids is 1. The third-order valence-corrected chi connectivity index (χ3v) is 4.41. The maximum Gasteiger partial charge on any atom is 0.307 e. The molecular formula is C20H19N3O4. The van der Waals surface area contributed by atoms with Gasteiger partial charge >= 0.3 is 5.97 Å². The Kier molecular flexibility index (Phi) is 5.61. The lowest BCUT2D eigenvalue weighted by molar-refractivity contribution is -0.146. The highest BCUT2D eigenvalue weighted by Gasteiger charge is 2.33. The summed E-state index contributed by atoms with van der Waals surface area (Å²) >= 11 is 0. The summed E-state index contributed by atoms with van der Waals surface area (Å²) in [5.74, 6) is -2.50. The maximum atomic E-state index is 12.4. The highest BCUT2D eigenvalue weighted by atomic mass is 16.4. The first-order chi connectivity index (χ1) is 13.0. The van der Waals surface area contributed by atoms with E-state index in [4.69, 9.17) is 0 Å². The van der Waals surface area contributed by atoms with Crippen LogP contribution < -0.4 is 10.6 Å². The van der Waals surface area contributed by atoms with Crippen molar-refractivity contribution in [2.45, 2.75) is 12.8 Å². The lowest BCUT2D eigenvalue weighted by Gasteiger charge is -2.24. The molecule has 2 amide bonds. The molecule has 2 atom stereocenters. The maximum absolute atomic E-state index is 12.4. The number of allylic oxidation sites excluding steroid dienone is 2. The molecular weight excluding hydrogens is 346 g/mol. The molecule has 0 bridgehead atoms. The van der Waals surface area contributed by atoms with Crippen molar-refractivity contribution >= 4 is 29.3 Å². The Bertz CT molecular complexity index is 863. The number of nitrogens with zero attached hydrogens (tertiary/aromatic N) is 1. The van der Waals surface area contributed by atoms with Crippen molar-refractivity contribution in [1.82, 2.24) is 4.98 Å². The molecule has 0 spiro atoms. The molecule has 7 nitrogen and oxygen atoms in total. The van der Waals surface area contributed by atoms with Crippen LogP contribution in [0, 0.1) is 11.8 Å². The molecule has 0 aliphatic heterocycles. The number of aliphatic carboxylic acids is 1. The number of amides is 2. The molecule has 1 aliphatic rings. The Morgan fingerprint density at radius 1 is 0.926 bits per heavy atom. The number of aromatic nitrogens is 1. The van der Waals surface area contributed by atoms with Crippen LogP contribution in [0.3, 0.4) is 0 Å². The predicted octanol–water partition coefficient (Wildman–Crippen LogP) is 2.94. The van der Waals surface area contributed by atoms with Gasteiger partial charge in [0.15, 0.2) is 0 Å². The summed E-state index contributed by atoms with van der Waals surface area (Å²) in [5, 5.41) is 14.7. The van der Waals surface area contributed by atoms with E-state index in [-0.39, 0.29) is 11.8 Å². The molecule has 0 radical (unpaired) electrons. The molecule has 138 valence electrons. The van der Waals surface area contributed by atoms with Crippen molar-refractivity contribution in [2.24, 2.45) is 11.8 Å². The third kappa shape index (κ3) is 4.58. The van der Waals surface area contributed by atoms with Gasteiger partial charge in [-0.3, -0.25) is 14.4 Å². The van der Waals surface area contributed by atoms with Crippen molar-refractivity contribution in [3.8, 4) is 0 Å². The van der Waals surface area contributed by atoms with Crippen molar-refractivity contribution in [1.29, 1.82) is 0 Å². The smallest absolute Gasteiger partial charge is 0.307 e. The Morgan fingerprint density at radius 3 is 2.26 bits per heavy atom. The van der Waals surface area contributed by atoms with Crippen LogP contribution in [0.5, 0.6) is 0 Å². The molecule has 7 heteroatoms. The van der Waals surface area contributed by atoms with E-state index in [0.717, 1.165) is 0 Å². The summed E-state index contributed by atoms with van der Waals surface area (Å²) in [6, 6.07) is 11.6. The minimum absolute atomic E-state index is 0.310. The van der Waals surface area contributed by atoms with Gasteiger partial charge in [-0.05, 0) is 49.2 Å². The lowest BCUT2D eigenvalue weighted by atomic mass is 9.82. The molecule has 0 fully saturated rings. The third-order valence-electron chi connectivity index (χ3n) is 4.41. The average Bonchev–Trinajstić information content (AvgIpc) is 2.69. The Balaban J connectivity index is 1.63. The molecule has 2 aromatic rings. The van der Waals surface area contributed by atoms with Gasteiger partial charge in [0.25, 0.3) is 5.91 Å². The van der Waals surface area contributed by atoms with Gasteiger partial charge in [0.05, 0.1) is 11.8 Å². The van der Waals surface area contributed by atoms with E-state index in [0.29, 0.717) is 29.9 Å². The number of rotatable bonds is 5. The number of pyridine rings is 1. The molecule has 0 unspecified atom stereocenters. The van der Waals surface area contributed by atoms with Crippen LogP contribution in [0.4, 0.5) is 11.5 Å². The predicted molar refractivity (Wildman–Crippen MR) is 100 cm³/mol. The zero-order valence-corrected chi connectivity index (χ0v) is 14.5. The van der Waals surface area contributed by atoms with Gasteiger partial charge < -0.3 is 15.7 Å². The SMILES string of the molecule is O=C(Nc1ccccn1)c1ccc(NC(=O)[C@H]2CC=CC[C@H]2C(=O)O)cc1. The molecule has 1 heterocycles.